The van der Waals surface area contributed by atoms with Crippen LogP contribution in [0.25, 0.3) is 249 Å². The lowest BCUT2D eigenvalue weighted by atomic mass is 9.95. The molecule has 0 bridgehead atoms. The van der Waals surface area contributed by atoms with E-state index in [4.69, 9.17) is 18.2 Å². The van der Waals surface area contributed by atoms with E-state index in [9.17, 15) is 0 Å². The summed E-state index contributed by atoms with van der Waals surface area (Å²) in [5.41, 5.74) is 39.1. The Bertz CT molecular complexity index is 8700. The molecule has 0 saturated carbocycles. The third-order valence-corrected chi connectivity index (χ3v) is 25.9. The topological polar surface area (TPSA) is 92.9 Å². The van der Waals surface area contributed by atoms with Gasteiger partial charge in [-0.15, -0.1) is 0 Å². The highest BCUT2D eigenvalue weighted by molar-refractivity contribution is 6.13. The molecule has 9 nitrogen and oxygen atoms in total. The summed E-state index contributed by atoms with van der Waals surface area (Å²) in [7, 11) is 0. The Morgan fingerprint density at radius 1 is 0.167 bits per heavy atom. The van der Waals surface area contributed by atoms with E-state index in [1.807, 2.05) is 73.1 Å². The first-order valence-electron chi connectivity index (χ1n) is 44.6. The molecule has 9 aromatic heterocycles. The normalized spacial score (nSPS) is 11.6. The number of aromatic nitrogens is 6. The van der Waals surface area contributed by atoms with E-state index in [1.165, 1.54) is 121 Å². The van der Waals surface area contributed by atoms with Gasteiger partial charge in [-0.25, -0.2) is 4.98 Å². The van der Waals surface area contributed by atoms with E-state index in [2.05, 4.69) is 424 Å². The van der Waals surface area contributed by atoms with Crippen molar-refractivity contribution in [3.63, 3.8) is 0 Å². The second kappa shape index (κ2) is 32.3. The Kier molecular flexibility index (Phi) is 18.7. The highest BCUT2D eigenvalue weighted by Gasteiger charge is 2.21. The van der Waals surface area contributed by atoms with Crippen molar-refractivity contribution in [2.75, 3.05) is 0 Å². The first-order chi connectivity index (χ1) is 65.4. The van der Waals surface area contributed by atoms with Crippen LogP contribution in [0.15, 0.2) is 487 Å². The van der Waals surface area contributed by atoms with Gasteiger partial charge in [-0.2, -0.15) is 0 Å². The molecular formula is C123H78N6O3. The first kappa shape index (κ1) is 76.6. The lowest BCUT2D eigenvalue weighted by Gasteiger charge is -2.12. The summed E-state index contributed by atoms with van der Waals surface area (Å²) in [6.07, 6.45) is 3.63. The van der Waals surface area contributed by atoms with Gasteiger partial charge in [0.25, 0.3) is 0 Å². The number of fused-ring (bicyclic) bond motifs is 18. The maximum atomic E-state index is 6.29. The van der Waals surface area contributed by atoms with Crippen LogP contribution in [0.3, 0.4) is 0 Å². The highest BCUT2D eigenvalue weighted by atomic mass is 16.3. The van der Waals surface area contributed by atoms with Crippen molar-refractivity contribution in [2.45, 2.75) is 0 Å². The number of rotatable bonds is 12. The zero-order chi connectivity index (χ0) is 87.1. The second-order valence-corrected chi connectivity index (χ2v) is 33.7. The predicted molar refractivity (Wildman–Crippen MR) is 546 cm³/mol. The Balaban J connectivity index is 0.000000106. The first-order valence-corrected chi connectivity index (χ1v) is 44.6. The maximum absolute atomic E-state index is 6.29. The lowest BCUT2D eigenvalue weighted by molar-refractivity contribution is 0.668. The zero-order valence-corrected chi connectivity index (χ0v) is 71.4. The average Bonchev–Trinajstić information content (AvgIpc) is 1.60. The maximum Gasteiger partial charge on any atom is 0.153 e. The number of nitrogens with zero attached hydrogens (tertiary/aromatic N) is 6. The highest BCUT2D eigenvalue weighted by Crippen LogP contribution is 2.44. The van der Waals surface area contributed by atoms with E-state index in [-0.39, 0.29) is 0 Å². The summed E-state index contributed by atoms with van der Waals surface area (Å²) in [6, 6.07) is 164. The molecule has 618 valence electrons. The number of benzene rings is 18. The Morgan fingerprint density at radius 2 is 0.447 bits per heavy atom. The summed E-state index contributed by atoms with van der Waals surface area (Å²) in [5.74, 6) is 0. The van der Waals surface area contributed by atoms with Crippen molar-refractivity contribution in [3.8, 4) is 117 Å². The fourth-order valence-corrected chi connectivity index (χ4v) is 19.7. The van der Waals surface area contributed by atoms with Gasteiger partial charge in [0.1, 0.15) is 33.3 Å². The Morgan fingerprint density at radius 3 is 0.864 bits per heavy atom. The summed E-state index contributed by atoms with van der Waals surface area (Å²) < 4.78 is 25.4. The third kappa shape index (κ3) is 13.6. The molecule has 0 aliphatic heterocycles. The standard InChI is InChI=1S/3C41H26N2O/c1-4-19-37-33(16-1)34-17-2-5-20-38(34)43(37)32-15-9-13-30(26-32)28-11-7-10-27(24-28)29-12-8-14-31(25-29)36-22-23-40-41(42-36)35-18-3-6-21-39(35)44-40;1-3-20-37-34(16-1)35-17-2-4-21-38(35)43(37)32-15-7-13-30(26-32)28-11-5-10-27(24-28)29-12-6-14-31(25-29)33-18-8-19-36-40-39(44-41(33)36)22-9-23-42-40;1-3-17-37-34(15-1)35-16-2-4-18-38(35)43(37)33-14-7-13-31(25-33)29-11-5-9-27(23-29)28-10-6-12-30(24-28)32-20-21-39-36(26-32)41-40(44-39)19-8-22-42-41/h3*1-26H. The van der Waals surface area contributed by atoms with E-state index >= 15 is 0 Å². The molecule has 9 heteroatoms. The van der Waals surface area contributed by atoms with E-state index in [0.29, 0.717) is 0 Å². The molecule has 0 radical (unpaired) electrons. The molecule has 0 saturated heterocycles. The van der Waals surface area contributed by atoms with Gasteiger partial charge in [-0.1, -0.05) is 285 Å². The number of furan rings is 3. The average molecular weight is 1690 g/mol. The molecule has 27 aromatic rings. The summed E-state index contributed by atoms with van der Waals surface area (Å²) in [6.45, 7) is 0. The van der Waals surface area contributed by atoms with E-state index < -0.39 is 0 Å². The minimum atomic E-state index is 0.807. The fourth-order valence-electron chi connectivity index (χ4n) is 19.7. The molecule has 0 amide bonds. The van der Waals surface area contributed by atoms with Gasteiger partial charge in [0.2, 0.25) is 0 Å². The largest absolute Gasteiger partial charge is 0.454 e. The van der Waals surface area contributed by atoms with Crippen LogP contribution in [-0.4, -0.2) is 28.7 Å². The molecule has 0 aliphatic carbocycles. The van der Waals surface area contributed by atoms with Crippen molar-refractivity contribution in [1.29, 1.82) is 0 Å². The molecule has 0 spiro atoms. The molecule has 0 N–H and O–H groups in total. The van der Waals surface area contributed by atoms with Crippen molar-refractivity contribution in [2.24, 2.45) is 0 Å². The monoisotopic (exact) mass is 1690 g/mol. The van der Waals surface area contributed by atoms with Crippen molar-refractivity contribution in [1.82, 2.24) is 28.7 Å². The van der Waals surface area contributed by atoms with Crippen LogP contribution in [0.1, 0.15) is 0 Å². The predicted octanol–water partition coefficient (Wildman–Crippen LogP) is 33.2. The Labute approximate surface area is 759 Å². The summed E-state index contributed by atoms with van der Waals surface area (Å²) >= 11 is 0. The second-order valence-electron chi connectivity index (χ2n) is 33.7. The van der Waals surface area contributed by atoms with Crippen LogP contribution in [0.2, 0.25) is 0 Å². The molecule has 9 heterocycles. The lowest BCUT2D eigenvalue weighted by Crippen LogP contribution is -1.94. The van der Waals surface area contributed by atoms with Gasteiger partial charge >= 0.3 is 0 Å². The zero-order valence-electron chi connectivity index (χ0n) is 71.4. The molecular weight excluding hydrogens is 1610 g/mol. The third-order valence-electron chi connectivity index (χ3n) is 25.9. The molecule has 0 unspecified atom stereocenters. The molecule has 0 fully saturated rings. The minimum absolute atomic E-state index is 0.807. The van der Waals surface area contributed by atoms with Crippen LogP contribution in [-0.2, 0) is 0 Å². The van der Waals surface area contributed by atoms with Crippen molar-refractivity contribution >= 4 is 132 Å². The van der Waals surface area contributed by atoms with Gasteiger partial charge in [0.05, 0.1) is 38.8 Å². The summed E-state index contributed by atoms with van der Waals surface area (Å²) in [5, 5.41) is 10.7. The van der Waals surface area contributed by atoms with Gasteiger partial charge in [0.15, 0.2) is 16.7 Å². The minimum Gasteiger partial charge on any atom is -0.454 e. The van der Waals surface area contributed by atoms with E-state index in [1.54, 1.807) is 0 Å². The smallest absolute Gasteiger partial charge is 0.153 e. The van der Waals surface area contributed by atoms with E-state index in [0.717, 1.165) is 128 Å². The molecule has 18 aromatic carbocycles. The number of hydrogen-bond donors (Lipinski definition) is 0. The molecule has 132 heavy (non-hydrogen) atoms. The van der Waals surface area contributed by atoms with Gasteiger partial charge in [-0.3, -0.25) is 9.97 Å². The quantitative estimate of drug-likeness (QED) is 0.121. The van der Waals surface area contributed by atoms with Crippen LogP contribution in [0.4, 0.5) is 0 Å². The summed E-state index contributed by atoms with van der Waals surface area (Å²) in [4.78, 5) is 14.1. The van der Waals surface area contributed by atoms with Crippen molar-refractivity contribution in [3.05, 3.63) is 473 Å². The van der Waals surface area contributed by atoms with Crippen molar-refractivity contribution < 1.29 is 13.3 Å². The van der Waals surface area contributed by atoms with Crippen LogP contribution in [0.5, 0.6) is 0 Å². The fraction of sp³-hybridized carbons (Fsp3) is 0. The van der Waals surface area contributed by atoms with Crippen LogP contribution >= 0.6 is 0 Å². The number of para-hydroxylation sites is 8. The Hall–Kier alpha value is -17.8. The molecule has 0 atom stereocenters. The van der Waals surface area contributed by atoms with Gasteiger partial charge in [0, 0.05) is 89.1 Å². The SMILES string of the molecule is c1cc(-c2cccc(-c3ccc4oc5ccccc5c4n3)c2)cc(-c2cccc(-n3c4ccccc4c4ccccc43)c2)c1.c1cc(-c2cccc(-c3ccc4oc5cccnc5c4c3)c2)cc(-c2cccc(-n3c4ccccc4c4ccccc43)c2)c1.c1cc(-c2cccc(-c3cccc4c3oc3cccnc34)c2)cc(-c2cccc(-n3c4ccccc4c4ccccc43)c2)c1. The number of pyridine rings is 3. The number of hydrogen-bond acceptors (Lipinski definition) is 6. The van der Waals surface area contributed by atoms with Gasteiger partial charge < -0.3 is 27.0 Å². The van der Waals surface area contributed by atoms with Crippen LogP contribution in [0, 0.1) is 0 Å². The van der Waals surface area contributed by atoms with Crippen LogP contribution < -0.4 is 0 Å². The molecule has 27 rings (SSSR count). The van der Waals surface area contributed by atoms with Gasteiger partial charge in [-0.05, 0) is 259 Å². The molecule has 0 aliphatic rings.